The van der Waals surface area contributed by atoms with Crippen LogP contribution >= 0.6 is 0 Å². The standard InChI is InChI=1S/C30H30FN5O3/c1-19(20-7-10-23(38-3)11-8-20)36-29(37)24-14-21(22-15-34-35(17-22)27-6-4-5-13-39-27)9-12-25(24)30(36,2)28-26(31)16-32-18-33-28/h7-12,14-19,27H,4-6,13H2,1-3H3/t19-,27?,30?/m1/s1. The first kappa shape index (κ1) is 25.2. The first-order chi connectivity index (χ1) is 18.9. The minimum Gasteiger partial charge on any atom is -0.497 e. The number of amides is 1. The summed E-state index contributed by atoms with van der Waals surface area (Å²) >= 11 is 0. The van der Waals surface area contributed by atoms with E-state index in [1.54, 1.807) is 18.2 Å². The Balaban J connectivity index is 1.43. The van der Waals surface area contributed by atoms with Crippen LogP contribution in [0.3, 0.4) is 0 Å². The van der Waals surface area contributed by atoms with Gasteiger partial charge in [0, 0.05) is 23.9 Å². The molecule has 1 saturated heterocycles. The van der Waals surface area contributed by atoms with Gasteiger partial charge in [0.05, 0.1) is 25.5 Å². The Kier molecular flexibility index (Phi) is 6.38. The van der Waals surface area contributed by atoms with E-state index in [-0.39, 0.29) is 23.9 Å². The van der Waals surface area contributed by atoms with E-state index in [0.717, 1.165) is 54.5 Å². The lowest BCUT2D eigenvalue weighted by molar-refractivity contribution is -0.0394. The lowest BCUT2D eigenvalue weighted by Gasteiger charge is -2.40. The van der Waals surface area contributed by atoms with Gasteiger partial charge in [-0.3, -0.25) is 4.79 Å². The summed E-state index contributed by atoms with van der Waals surface area (Å²) in [7, 11) is 1.61. The molecule has 4 heterocycles. The molecule has 2 aromatic carbocycles. The lowest BCUT2D eigenvalue weighted by Crippen LogP contribution is -2.45. The van der Waals surface area contributed by atoms with Crippen molar-refractivity contribution in [2.24, 2.45) is 0 Å². The summed E-state index contributed by atoms with van der Waals surface area (Å²) in [6.45, 7) is 4.52. The Morgan fingerprint density at radius 2 is 1.95 bits per heavy atom. The van der Waals surface area contributed by atoms with Gasteiger partial charge >= 0.3 is 0 Å². The molecule has 0 bridgehead atoms. The molecule has 9 heteroatoms. The van der Waals surface area contributed by atoms with E-state index in [4.69, 9.17) is 9.47 Å². The molecule has 0 N–H and O–H groups in total. The van der Waals surface area contributed by atoms with Gasteiger partial charge in [0.25, 0.3) is 5.91 Å². The molecule has 1 fully saturated rings. The van der Waals surface area contributed by atoms with Crippen molar-refractivity contribution in [3.05, 3.63) is 95.6 Å². The molecule has 0 radical (unpaired) electrons. The maximum Gasteiger partial charge on any atom is 0.255 e. The number of halogens is 1. The second kappa shape index (κ2) is 9.89. The van der Waals surface area contributed by atoms with Gasteiger partial charge < -0.3 is 14.4 Å². The first-order valence-electron chi connectivity index (χ1n) is 13.2. The van der Waals surface area contributed by atoms with Crippen molar-refractivity contribution in [1.29, 1.82) is 0 Å². The third-order valence-electron chi connectivity index (χ3n) is 7.97. The van der Waals surface area contributed by atoms with Crippen LogP contribution in [0.25, 0.3) is 11.1 Å². The molecular formula is C30H30FN5O3. The Bertz CT molecular complexity index is 1520. The molecule has 2 aromatic heterocycles. The largest absolute Gasteiger partial charge is 0.497 e. The number of aromatic nitrogens is 4. The summed E-state index contributed by atoms with van der Waals surface area (Å²) in [4.78, 5) is 24.1. The second-order valence-corrected chi connectivity index (χ2v) is 10.2. The highest BCUT2D eigenvalue weighted by Crippen LogP contribution is 2.49. The van der Waals surface area contributed by atoms with Crippen molar-refractivity contribution in [1.82, 2.24) is 24.6 Å². The fraction of sp³-hybridized carbons (Fsp3) is 0.333. The van der Waals surface area contributed by atoms with Crippen LogP contribution in [0.4, 0.5) is 4.39 Å². The van der Waals surface area contributed by atoms with Gasteiger partial charge in [-0.05, 0) is 68.0 Å². The minimum atomic E-state index is -1.16. The third-order valence-corrected chi connectivity index (χ3v) is 7.97. The molecule has 0 spiro atoms. The van der Waals surface area contributed by atoms with E-state index >= 15 is 4.39 Å². The van der Waals surface area contributed by atoms with Crippen molar-refractivity contribution in [3.63, 3.8) is 0 Å². The molecule has 2 unspecified atom stereocenters. The van der Waals surface area contributed by atoms with Gasteiger partial charge in [-0.1, -0.05) is 24.3 Å². The minimum absolute atomic E-state index is 0.0755. The monoisotopic (exact) mass is 527 g/mol. The molecule has 2 aliphatic rings. The van der Waals surface area contributed by atoms with E-state index in [1.165, 1.54) is 6.33 Å². The maximum absolute atomic E-state index is 15.3. The summed E-state index contributed by atoms with van der Waals surface area (Å²) in [5, 5.41) is 4.53. The number of rotatable bonds is 6. The average Bonchev–Trinajstić information content (AvgIpc) is 3.55. The Labute approximate surface area is 226 Å². The molecule has 0 saturated carbocycles. The van der Waals surface area contributed by atoms with Crippen LogP contribution in [0, 0.1) is 5.82 Å². The molecule has 4 aromatic rings. The number of benzene rings is 2. The van der Waals surface area contributed by atoms with Gasteiger partial charge in [0.15, 0.2) is 5.82 Å². The van der Waals surface area contributed by atoms with Crippen LogP contribution < -0.4 is 4.74 Å². The van der Waals surface area contributed by atoms with Crippen LogP contribution in [-0.2, 0) is 10.3 Å². The fourth-order valence-electron chi connectivity index (χ4n) is 5.87. The Hall–Kier alpha value is -4.11. The van der Waals surface area contributed by atoms with Gasteiger partial charge in [-0.25, -0.2) is 19.0 Å². The smallest absolute Gasteiger partial charge is 0.255 e. The lowest BCUT2D eigenvalue weighted by atomic mass is 9.85. The van der Waals surface area contributed by atoms with Gasteiger partial charge in [-0.15, -0.1) is 0 Å². The molecule has 0 aliphatic carbocycles. The normalized spacial score (nSPS) is 21.6. The van der Waals surface area contributed by atoms with E-state index in [9.17, 15) is 4.79 Å². The van der Waals surface area contributed by atoms with Crippen molar-refractivity contribution < 1.29 is 18.7 Å². The van der Waals surface area contributed by atoms with E-state index in [2.05, 4.69) is 15.1 Å². The zero-order chi connectivity index (χ0) is 27.1. The average molecular weight is 528 g/mol. The zero-order valence-corrected chi connectivity index (χ0v) is 22.2. The summed E-state index contributed by atoms with van der Waals surface area (Å²) < 4.78 is 28.3. The van der Waals surface area contributed by atoms with Crippen LogP contribution in [0.1, 0.15) is 72.6 Å². The molecule has 39 heavy (non-hydrogen) atoms. The predicted octanol–water partition coefficient (Wildman–Crippen LogP) is 5.67. The molecule has 200 valence electrons. The van der Waals surface area contributed by atoms with Crippen LogP contribution in [0.15, 0.2) is 67.4 Å². The van der Waals surface area contributed by atoms with Crippen LogP contribution in [-0.4, -0.2) is 44.3 Å². The summed E-state index contributed by atoms with van der Waals surface area (Å²) in [6.07, 6.45) is 9.22. The quantitative estimate of drug-likeness (QED) is 0.322. The molecule has 8 nitrogen and oxygen atoms in total. The van der Waals surface area contributed by atoms with Gasteiger partial charge in [-0.2, -0.15) is 5.10 Å². The molecular weight excluding hydrogens is 497 g/mol. The SMILES string of the molecule is COc1ccc([C@@H](C)N2C(=O)c3cc(-c4cnn(C5CCCCO5)c4)ccc3C2(C)c2ncncc2F)cc1. The number of hydrogen-bond acceptors (Lipinski definition) is 6. The third kappa shape index (κ3) is 4.17. The zero-order valence-electron chi connectivity index (χ0n) is 22.2. The van der Waals surface area contributed by atoms with Crippen molar-refractivity contribution in [2.75, 3.05) is 13.7 Å². The van der Waals surface area contributed by atoms with Crippen molar-refractivity contribution in [3.8, 4) is 16.9 Å². The molecule has 2 aliphatic heterocycles. The Morgan fingerprint density at radius 1 is 1.13 bits per heavy atom. The van der Waals surface area contributed by atoms with Crippen molar-refractivity contribution in [2.45, 2.75) is 50.9 Å². The fourth-order valence-corrected chi connectivity index (χ4v) is 5.87. The van der Waals surface area contributed by atoms with Gasteiger partial charge in [0.2, 0.25) is 0 Å². The van der Waals surface area contributed by atoms with E-state index in [1.807, 2.05) is 67.2 Å². The molecule has 1 amide bonds. The number of hydrogen-bond donors (Lipinski definition) is 0. The summed E-state index contributed by atoms with van der Waals surface area (Å²) in [5.41, 5.74) is 2.83. The van der Waals surface area contributed by atoms with E-state index in [0.29, 0.717) is 11.1 Å². The number of carbonyl (C=O) groups is 1. The molecule has 6 rings (SSSR count). The Morgan fingerprint density at radius 3 is 2.67 bits per heavy atom. The maximum atomic E-state index is 15.3. The van der Waals surface area contributed by atoms with Crippen LogP contribution in [0.5, 0.6) is 5.75 Å². The predicted molar refractivity (Wildman–Crippen MR) is 143 cm³/mol. The second-order valence-electron chi connectivity index (χ2n) is 10.2. The molecule has 3 atom stereocenters. The number of carbonyl (C=O) groups excluding carboxylic acids is 1. The van der Waals surface area contributed by atoms with Crippen LogP contribution in [0.2, 0.25) is 0 Å². The van der Waals surface area contributed by atoms with E-state index < -0.39 is 11.4 Å². The summed E-state index contributed by atoms with van der Waals surface area (Å²) in [5.74, 6) is -0.0421. The highest BCUT2D eigenvalue weighted by Gasteiger charge is 2.52. The first-order valence-corrected chi connectivity index (χ1v) is 13.2. The van der Waals surface area contributed by atoms with Gasteiger partial charge in [0.1, 0.15) is 29.5 Å². The van der Waals surface area contributed by atoms with Crippen molar-refractivity contribution >= 4 is 5.91 Å². The number of ether oxygens (including phenoxy) is 2. The highest BCUT2D eigenvalue weighted by atomic mass is 19.1. The number of nitrogens with zero attached hydrogens (tertiary/aromatic N) is 5. The summed E-state index contributed by atoms with van der Waals surface area (Å²) in [6, 6.07) is 12.9. The number of fused-ring (bicyclic) bond motifs is 1. The highest BCUT2D eigenvalue weighted by molar-refractivity contribution is 6.02. The number of methoxy groups -OCH3 is 1. The topological polar surface area (TPSA) is 82.4 Å².